The van der Waals surface area contributed by atoms with Gasteiger partial charge in [-0.2, -0.15) is 5.10 Å². The first-order chi connectivity index (χ1) is 7.70. The molecule has 16 heavy (non-hydrogen) atoms. The van der Waals surface area contributed by atoms with Gasteiger partial charge in [0.05, 0.1) is 11.9 Å². The first-order valence-corrected chi connectivity index (χ1v) is 5.20. The molecular weight excluding hydrogens is 202 g/mol. The van der Waals surface area contributed by atoms with Gasteiger partial charge in [-0.1, -0.05) is 0 Å². The van der Waals surface area contributed by atoms with Crippen molar-refractivity contribution in [2.24, 2.45) is 0 Å². The average molecular weight is 217 g/mol. The number of rotatable bonds is 3. The molecule has 2 aromatic heterocycles. The van der Waals surface area contributed by atoms with Crippen molar-refractivity contribution in [1.82, 2.24) is 25.1 Å². The molecule has 2 rings (SSSR count). The van der Waals surface area contributed by atoms with Crippen LogP contribution in [-0.2, 0) is 6.54 Å². The molecule has 84 valence electrons. The van der Waals surface area contributed by atoms with E-state index in [1.165, 1.54) is 0 Å². The molecule has 0 bridgehead atoms. The third kappa shape index (κ3) is 2.09. The average Bonchev–Trinajstić information content (AvgIpc) is 2.59. The number of aromatic nitrogens is 4. The molecule has 2 aromatic rings. The first-order valence-electron chi connectivity index (χ1n) is 5.20. The van der Waals surface area contributed by atoms with Crippen molar-refractivity contribution in [3.8, 4) is 5.69 Å². The predicted molar refractivity (Wildman–Crippen MR) is 61.4 cm³/mol. The molecule has 5 heteroatoms. The third-order valence-electron chi connectivity index (χ3n) is 2.28. The summed E-state index contributed by atoms with van der Waals surface area (Å²) in [4.78, 5) is 8.47. The van der Waals surface area contributed by atoms with Gasteiger partial charge in [0.2, 0.25) is 0 Å². The summed E-state index contributed by atoms with van der Waals surface area (Å²) >= 11 is 0. The van der Waals surface area contributed by atoms with Gasteiger partial charge in [-0.05, 0) is 32.5 Å². The SMILES string of the molecule is CNCc1cncc(-n2nc(C)nc2C)c1. The van der Waals surface area contributed by atoms with Crippen LogP contribution in [0.5, 0.6) is 0 Å². The zero-order chi connectivity index (χ0) is 11.5. The highest BCUT2D eigenvalue weighted by Crippen LogP contribution is 2.10. The number of hydrogen-bond donors (Lipinski definition) is 1. The van der Waals surface area contributed by atoms with Crippen LogP contribution in [0.1, 0.15) is 17.2 Å². The summed E-state index contributed by atoms with van der Waals surface area (Å²) in [6, 6.07) is 2.06. The number of nitrogens with one attached hydrogen (secondary N) is 1. The van der Waals surface area contributed by atoms with E-state index in [1.54, 1.807) is 6.20 Å². The third-order valence-corrected chi connectivity index (χ3v) is 2.28. The molecule has 0 aromatic carbocycles. The summed E-state index contributed by atoms with van der Waals surface area (Å²) in [6.07, 6.45) is 3.64. The van der Waals surface area contributed by atoms with Crippen molar-refractivity contribution in [2.45, 2.75) is 20.4 Å². The molecule has 0 aliphatic heterocycles. The highest BCUT2D eigenvalue weighted by atomic mass is 15.3. The van der Waals surface area contributed by atoms with E-state index in [9.17, 15) is 0 Å². The van der Waals surface area contributed by atoms with Gasteiger partial charge < -0.3 is 5.32 Å². The van der Waals surface area contributed by atoms with Crippen molar-refractivity contribution in [1.29, 1.82) is 0 Å². The number of nitrogens with zero attached hydrogens (tertiary/aromatic N) is 4. The minimum absolute atomic E-state index is 0.775. The lowest BCUT2D eigenvalue weighted by Crippen LogP contribution is -2.07. The van der Waals surface area contributed by atoms with E-state index in [4.69, 9.17) is 0 Å². The minimum Gasteiger partial charge on any atom is -0.316 e. The molecule has 0 aliphatic rings. The van der Waals surface area contributed by atoms with Gasteiger partial charge in [0.15, 0.2) is 0 Å². The van der Waals surface area contributed by atoms with Crippen LogP contribution in [0, 0.1) is 13.8 Å². The fourth-order valence-electron chi connectivity index (χ4n) is 1.66. The lowest BCUT2D eigenvalue weighted by atomic mass is 10.2. The van der Waals surface area contributed by atoms with E-state index in [0.29, 0.717) is 0 Å². The summed E-state index contributed by atoms with van der Waals surface area (Å²) in [6.45, 7) is 4.62. The lowest BCUT2D eigenvalue weighted by Gasteiger charge is -2.05. The Balaban J connectivity index is 2.40. The molecule has 0 saturated carbocycles. The minimum atomic E-state index is 0.775. The van der Waals surface area contributed by atoms with Crippen molar-refractivity contribution in [3.05, 3.63) is 35.7 Å². The van der Waals surface area contributed by atoms with E-state index >= 15 is 0 Å². The van der Waals surface area contributed by atoms with Crippen LogP contribution in [0.15, 0.2) is 18.5 Å². The molecule has 0 radical (unpaired) electrons. The van der Waals surface area contributed by atoms with E-state index in [-0.39, 0.29) is 0 Å². The lowest BCUT2D eigenvalue weighted by molar-refractivity contribution is 0.794. The Morgan fingerprint density at radius 1 is 1.31 bits per heavy atom. The second kappa shape index (κ2) is 4.40. The molecule has 0 aliphatic carbocycles. The van der Waals surface area contributed by atoms with E-state index in [0.717, 1.165) is 29.4 Å². The highest BCUT2D eigenvalue weighted by molar-refractivity contribution is 5.32. The van der Waals surface area contributed by atoms with Gasteiger partial charge in [0.1, 0.15) is 11.6 Å². The van der Waals surface area contributed by atoms with Gasteiger partial charge in [-0.15, -0.1) is 0 Å². The molecule has 0 saturated heterocycles. The van der Waals surface area contributed by atoms with Gasteiger partial charge in [0, 0.05) is 12.7 Å². The Labute approximate surface area is 94.5 Å². The first kappa shape index (κ1) is 10.8. The zero-order valence-electron chi connectivity index (χ0n) is 9.73. The van der Waals surface area contributed by atoms with Crippen LogP contribution < -0.4 is 5.32 Å². The molecule has 0 spiro atoms. The Morgan fingerprint density at radius 3 is 2.75 bits per heavy atom. The van der Waals surface area contributed by atoms with Gasteiger partial charge in [-0.3, -0.25) is 4.98 Å². The summed E-state index contributed by atoms with van der Waals surface area (Å²) in [7, 11) is 1.91. The van der Waals surface area contributed by atoms with Gasteiger partial charge >= 0.3 is 0 Å². The molecule has 1 N–H and O–H groups in total. The Hall–Kier alpha value is -1.75. The second-order valence-electron chi connectivity index (χ2n) is 3.70. The Bertz CT molecular complexity index is 489. The van der Waals surface area contributed by atoms with E-state index in [2.05, 4.69) is 26.4 Å². The number of pyridine rings is 1. The number of hydrogen-bond acceptors (Lipinski definition) is 4. The normalized spacial score (nSPS) is 10.7. The Kier molecular flexibility index (Phi) is 2.96. The van der Waals surface area contributed by atoms with Gasteiger partial charge in [0.25, 0.3) is 0 Å². The molecule has 2 heterocycles. The quantitative estimate of drug-likeness (QED) is 0.833. The molecule has 0 fully saturated rings. The van der Waals surface area contributed by atoms with Crippen LogP contribution in [0.4, 0.5) is 0 Å². The maximum atomic E-state index is 4.33. The monoisotopic (exact) mass is 217 g/mol. The molecular formula is C11H15N5. The summed E-state index contributed by atoms with van der Waals surface area (Å²) in [5.74, 6) is 1.65. The largest absolute Gasteiger partial charge is 0.316 e. The molecule has 0 atom stereocenters. The van der Waals surface area contributed by atoms with Crippen LogP contribution in [0.25, 0.3) is 5.69 Å². The maximum Gasteiger partial charge on any atom is 0.148 e. The summed E-state index contributed by atoms with van der Waals surface area (Å²) in [5.41, 5.74) is 2.08. The van der Waals surface area contributed by atoms with Crippen LogP contribution in [-0.4, -0.2) is 26.8 Å². The van der Waals surface area contributed by atoms with E-state index in [1.807, 2.05) is 31.8 Å². The van der Waals surface area contributed by atoms with Gasteiger partial charge in [-0.25, -0.2) is 9.67 Å². The second-order valence-corrected chi connectivity index (χ2v) is 3.70. The smallest absolute Gasteiger partial charge is 0.148 e. The molecule has 0 amide bonds. The summed E-state index contributed by atoms with van der Waals surface area (Å²) in [5, 5.41) is 7.42. The zero-order valence-corrected chi connectivity index (χ0v) is 9.73. The van der Waals surface area contributed by atoms with Crippen molar-refractivity contribution in [2.75, 3.05) is 7.05 Å². The maximum absolute atomic E-state index is 4.33. The fourth-order valence-corrected chi connectivity index (χ4v) is 1.66. The standard InChI is InChI=1S/C11H15N5/c1-8-14-9(2)16(15-8)11-4-10(5-12-3)6-13-7-11/h4,6-7,12H,5H2,1-3H3. The van der Waals surface area contributed by atoms with Crippen molar-refractivity contribution in [3.63, 3.8) is 0 Å². The van der Waals surface area contributed by atoms with Crippen LogP contribution in [0.2, 0.25) is 0 Å². The van der Waals surface area contributed by atoms with Crippen molar-refractivity contribution >= 4 is 0 Å². The Morgan fingerprint density at radius 2 is 2.12 bits per heavy atom. The summed E-state index contributed by atoms with van der Waals surface area (Å²) < 4.78 is 1.81. The molecule has 0 unspecified atom stereocenters. The fraction of sp³-hybridized carbons (Fsp3) is 0.364. The molecule has 5 nitrogen and oxygen atoms in total. The van der Waals surface area contributed by atoms with Crippen LogP contribution in [0.3, 0.4) is 0 Å². The van der Waals surface area contributed by atoms with E-state index < -0.39 is 0 Å². The van der Waals surface area contributed by atoms with Crippen LogP contribution >= 0.6 is 0 Å². The van der Waals surface area contributed by atoms with Crippen molar-refractivity contribution < 1.29 is 0 Å². The topological polar surface area (TPSA) is 55.6 Å². The number of aryl methyl sites for hydroxylation is 2. The predicted octanol–water partition coefficient (Wildman–Crippen LogP) is 0.999. The highest BCUT2D eigenvalue weighted by Gasteiger charge is 2.05.